The minimum Gasteiger partial charge on any atom is -0.481 e. The summed E-state index contributed by atoms with van der Waals surface area (Å²) in [5.74, 6) is -0.632. The number of aliphatic carboxylic acids is 1. The molecular formula is C16H20O2. The standard InChI is InChI=1S/C16H20O2/c1-10-5-4-6-13(7-10)14-8-11(2)15(16(17)18)12(3)9-14/h4-8,11-12,15H,9H2,1-3H3,(H,17,18). The van der Waals surface area contributed by atoms with Gasteiger partial charge in [0.15, 0.2) is 0 Å². The van der Waals surface area contributed by atoms with Gasteiger partial charge in [0, 0.05) is 0 Å². The molecule has 0 fully saturated rings. The van der Waals surface area contributed by atoms with Crippen molar-refractivity contribution in [2.24, 2.45) is 17.8 Å². The zero-order valence-electron chi connectivity index (χ0n) is 11.2. The van der Waals surface area contributed by atoms with Gasteiger partial charge >= 0.3 is 5.97 Å². The maximum Gasteiger partial charge on any atom is 0.307 e. The van der Waals surface area contributed by atoms with Crippen molar-refractivity contribution in [1.29, 1.82) is 0 Å². The van der Waals surface area contributed by atoms with E-state index in [4.69, 9.17) is 0 Å². The number of carboxylic acids is 1. The van der Waals surface area contributed by atoms with E-state index in [2.05, 4.69) is 37.3 Å². The average Bonchev–Trinajstić information content (AvgIpc) is 2.27. The summed E-state index contributed by atoms with van der Waals surface area (Å²) >= 11 is 0. The number of rotatable bonds is 2. The predicted molar refractivity (Wildman–Crippen MR) is 73.2 cm³/mol. The van der Waals surface area contributed by atoms with Gasteiger partial charge < -0.3 is 5.11 Å². The van der Waals surface area contributed by atoms with Crippen LogP contribution < -0.4 is 0 Å². The molecule has 0 spiro atoms. The fourth-order valence-corrected chi connectivity index (χ4v) is 3.01. The van der Waals surface area contributed by atoms with Gasteiger partial charge in [-0.2, -0.15) is 0 Å². The van der Waals surface area contributed by atoms with Crippen LogP contribution in [0.5, 0.6) is 0 Å². The van der Waals surface area contributed by atoms with E-state index < -0.39 is 5.97 Å². The molecule has 1 aliphatic carbocycles. The summed E-state index contributed by atoms with van der Waals surface area (Å²) in [6.07, 6.45) is 2.98. The molecule has 96 valence electrons. The lowest BCUT2D eigenvalue weighted by atomic mass is 9.73. The fraction of sp³-hybridized carbons (Fsp3) is 0.438. The molecule has 1 aromatic rings. The van der Waals surface area contributed by atoms with Crippen molar-refractivity contribution in [2.75, 3.05) is 0 Å². The summed E-state index contributed by atoms with van der Waals surface area (Å²) in [6, 6.07) is 8.43. The first-order chi connectivity index (χ1) is 8.49. The maximum atomic E-state index is 11.2. The van der Waals surface area contributed by atoms with Gasteiger partial charge in [-0.15, -0.1) is 0 Å². The van der Waals surface area contributed by atoms with Gasteiger partial charge in [0.25, 0.3) is 0 Å². The highest BCUT2D eigenvalue weighted by Crippen LogP contribution is 2.38. The molecule has 2 heteroatoms. The Bertz CT molecular complexity index is 488. The molecule has 1 N–H and O–H groups in total. The molecule has 0 heterocycles. The molecule has 2 rings (SSSR count). The molecule has 3 unspecified atom stereocenters. The van der Waals surface area contributed by atoms with Gasteiger partial charge in [0.1, 0.15) is 0 Å². The highest BCUT2D eigenvalue weighted by molar-refractivity contribution is 5.75. The number of hydrogen-bond donors (Lipinski definition) is 1. The minimum absolute atomic E-state index is 0.0989. The van der Waals surface area contributed by atoms with Crippen LogP contribution in [0.25, 0.3) is 5.57 Å². The van der Waals surface area contributed by atoms with E-state index in [-0.39, 0.29) is 17.8 Å². The zero-order chi connectivity index (χ0) is 13.3. The van der Waals surface area contributed by atoms with E-state index in [1.807, 2.05) is 13.8 Å². The Hall–Kier alpha value is -1.57. The van der Waals surface area contributed by atoms with Crippen LogP contribution in [0.4, 0.5) is 0 Å². The molecule has 2 nitrogen and oxygen atoms in total. The Morgan fingerprint density at radius 3 is 2.61 bits per heavy atom. The Balaban J connectivity index is 2.32. The van der Waals surface area contributed by atoms with Crippen LogP contribution in [0, 0.1) is 24.7 Å². The number of allylic oxidation sites excluding steroid dienone is 2. The van der Waals surface area contributed by atoms with Crippen molar-refractivity contribution in [3.05, 3.63) is 41.5 Å². The lowest BCUT2D eigenvalue weighted by Gasteiger charge is -2.31. The topological polar surface area (TPSA) is 37.3 Å². The SMILES string of the molecule is Cc1cccc(C2=CC(C)C(C(=O)O)C(C)C2)c1. The quantitative estimate of drug-likeness (QED) is 0.860. The Morgan fingerprint density at radius 2 is 2.06 bits per heavy atom. The molecule has 1 aromatic carbocycles. The normalized spacial score (nSPS) is 27.7. The van der Waals surface area contributed by atoms with Crippen molar-refractivity contribution in [2.45, 2.75) is 27.2 Å². The largest absolute Gasteiger partial charge is 0.481 e. The van der Waals surface area contributed by atoms with Crippen molar-refractivity contribution in [3.63, 3.8) is 0 Å². The molecule has 18 heavy (non-hydrogen) atoms. The molecule has 1 aliphatic rings. The fourth-order valence-electron chi connectivity index (χ4n) is 3.01. The van der Waals surface area contributed by atoms with Gasteiger partial charge in [-0.05, 0) is 36.3 Å². The van der Waals surface area contributed by atoms with E-state index in [0.717, 1.165) is 6.42 Å². The van der Waals surface area contributed by atoms with Crippen LogP contribution in [0.3, 0.4) is 0 Å². The van der Waals surface area contributed by atoms with E-state index in [1.165, 1.54) is 16.7 Å². The second-order valence-electron chi connectivity index (χ2n) is 5.47. The molecule has 0 saturated carbocycles. The van der Waals surface area contributed by atoms with Crippen molar-refractivity contribution >= 4 is 11.5 Å². The highest BCUT2D eigenvalue weighted by atomic mass is 16.4. The second-order valence-corrected chi connectivity index (χ2v) is 5.47. The Kier molecular flexibility index (Phi) is 3.55. The van der Waals surface area contributed by atoms with Crippen LogP contribution in [0.2, 0.25) is 0 Å². The third-order valence-electron chi connectivity index (χ3n) is 3.86. The summed E-state index contributed by atoms with van der Waals surface area (Å²) in [4.78, 5) is 11.2. The molecule has 0 amide bonds. The van der Waals surface area contributed by atoms with Crippen molar-refractivity contribution in [1.82, 2.24) is 0 Å². The van der Waals surface area contributed by atoms with Crippen LogP contribution in [0.15, 0.2) is 30.3 Å². The third-order valence-corrected chi connectivity index (χ3v) is 3.86. The Labute approximate surface area is 108 Å². The second kappa shape index (κ2) is 4.97. The lowest BCUT2D eigenvalue weighted by molar-refractivity contribution is -0.144. The van der Waals surface area contributed by atoms with Crippen LogP contribution in [-0.4, -0.2) is 11.1 Å². The predicted octanol–water partition coefficient (Wildman–Crippen LogP) is 3.76. The average molecular weight is 244 g/mol. The third kappa shape index (κ3) is 2.47. The number of aryl methyl sites for hydroxylation is 1. The van der Waals surface area contributed by atoms with Crippen LogP contribution >= 0.6 is 0 Å². The first-order valence-electron chi connectivity index (χ1n) is 6.49. The van der Waals surface area contributed by atoms with Crippen molar-refractivity contribution < 1.29 is 9.90 Å². The summed E-state index contributed by atoms with van der Waals surface area (Å²) in [7, 11) is 0. The monoisotopic (exact) mass is 244 g/mol. The molecule has 0 bridgehead atoms. The highest BCUT2D eigenvalue weighted by Gasteiger charge is 2.33. The van der Waals surface area contributed by atoms with E-state index in [9.17, 15) is 9.90 Å². The van der Waals surface area contributed by atoms with E-state index >= 15 is 0 Å². The molecule has 0 saturated heterocycles. The van der Waals surface area contributed by atoms with Crippen LogP contribution in [0.1, 0.15) is 31.4 Å². The molecule has 0 aliphatic heterocycles. The van der Waals surface area contributed by atoms with Gasteiger partial charge in [0.2, 0.25) is 0 Å². The molecule has 0 radical (unpaired) electrons. The van der Waals surface area contributed by atoms with Gasteiger partial charge in [-0.3, -0.25) is 4.79 Å². The number of carbonyl (C=O) groups is 1. The summed E-state index contributed by atoms with van der Waals surface area (Å²) in [6.45, 7) is 6.13. The summed E-state index contributed by atoms with van der Waals surface area (Å²) in [5, 5.41) is 9.25. The van der Waals surface area contributed by atoms with Gasteiger partial charge in [-0.25, -0.2) is 0 Å². The smallest absolute Gasteiger partial charge is 0.307 e. The number of carboxylic acid groups (broad SMARTS) is 1. The first kappa shape index (κ1) is 12.9. The van der Waals surface area contributed by atoms with Crippen molar-refractivity contribution in [3.8, 4) is 0 Å². The van der Waals surface area contributed by atoms with E-state index in [0.29, 0.717) is 0 Å². The Morgan fingerprint density at radius 1 is 1.33 bits per heavy atom. The number of benzene rings is 1. The first-order valence-corrected chi connectivity index (χ1v) is 6.49. The van der Waals surface area contributed by atoms with E-state index in [1.54, 1.807) is 0 Å². The van der Waals surface area contributed by atoms with Gasteiger partial charge in [-0.1, -0.05) is 49.8 Å². The zero-order valence-corrected chi connectivity index (χ0v) is 11.2. The minimum atomic E-state index is -0.672. The summed E-state index contributed by atoms with van der Waals surface area (Å²) < 4.78 is 0. The van der Waals surface area contributed by atoms with Gasteiger partial charge in [0.05, 0.1) is 5.92 Å². The molecular weight excluding hydrogens is 224 g/mol. The maximum absolute atomic E-state index is 11.2. The lowest BCUT2D eigenvalue weighted by Crippen LogP contribution is -2.30. The molecule has 3 atom stereocenters. The van der Waals surface area contributed by atoms with Crippen LogP contribution in [-0.2, 0) is 4.79 Å². The summed E-state index contributed by atoms with van der Waals surface area (Å²) in [5.41, 5.74) is 3.77. The number of hydrogen-bond acceptors (Lipinski definition) is 1. The molecule has 0 aromatic heterocycles.